The van der Waals surface area contributed by atoms with Crippen LogP contribution in [0.4, 0.5) is 5.82 Å². The molecule has 41 heavy (non-hydrogen) atoms. The molecule has 0 saturated carbocycles. The van der Waals surface area contributed by atoms with E-state index in [2.05, 4.69) is 32.2 Å². The Hall–Kier alpha value is -4.44. The Kier molecular flexibility index (Phi) is 6.34. The minimum absolute atomic E-state index is 0.0710. The summed E-state index contributed by atoms with van der Waals surface area (Å²) < 4.78 is 1.92. The van der Waals surface area contributed by atoms with Crippen molar-refractivity contribution in [3.8, 4) is 0 Å². The van der Waals surface area contributed by atoms with Gasteiger partial charge in [-0.15, -0.1) is 0 Å². The molecule has 2 amide bonds. The molecule has 2 N–H and O–H groups in total. The van der Waals surface area contributed by atoms with Gasteiger partial charge in [-0.2, -0.15) is 0 Å². The predicted octanol–water partition coefficient (Wildman–Crippen LogP) is 2.98. The number of nitrogens with zero attached hydrogens (tertiary/aromatic N) is 5. The fraction of sp³-hybridized carbons (Fsp3) is 0.355. The number of carbonyl (C=O) groups is 2. The molecular weight excluding hydrogens is 518 g/mol. The van der Waals surface area contributed by atoms with Gasteiger partial charge in [-0.1, -0.05) is 24.3 Å². The number of amides is 2. The van der Waals surface area contributed by atoms with Gasteiger partial charge in [0, 0.05) is 46.2 Å². The summed E-state index contributed by atoms with van der Waals surface area (Å²) in [6.45, 7) is 7.50. The fourth-order valence-electron chi connectivity index (χ4n) is 6.30. The van der Waals surface area contributed by atoms with Crippen molar-refractivity contribution < 1.29 is 9.59 Å². The standard InChI is InChI=1S/C31H33N7O3/c1-20(39)36-14-16-37(17-15-36)26-9-8-23-28(40)27(31(41)32-10-13-35-11-4-5-12-35)30-33-24-18-21-6-2-3-7-22(21)19-25(24)38(30)29(23)34-26/h2-3,6-9,18-19,33H,4-5,10-17H2,1H3,(H,32,41). The number of pyridine rings is 2. The fourth-order valence-corrected chi connectivity index (χ4v) is 6.30. The molecule has 210 valence electrons. The van der Waals surface area contributed by atoms with E-state index < -0.39 is 0 Å². The summed E-state index contributed by atoms with van der Waals surface area (Å²) in [5.41, 5.74) is 2.38. The van der Waals surface area contributed by atoms with Gasteiger partial charge in [-0.3, -0.25) is 18.8 Å². The molecule has 0 radical (unpaired) electrons. The van der Waals surface area contributed by atoms with Crippen molar-refractivity contribution in [3.05, 3.63) is 64.3 Å². The number of carbonyl (C=O) groups excluding carboxylic acids is 2. The first kappa shape index (κ1) is 25.5. The third-order valence-electron chi connectivity index (χ3n) is 8.55. The molecule has 2 fully saturated rings. The van der Waals surface area contributed by atoms with Gasteiger partial charge in [-0.25, -0.2) is 4.98 Å². The Balaban J connectivity index is 1.37. The molecule has 0 atom stereocenters. The van der Waals surface area contributed by atoms with Gasteiger partial charge in [0.1, 0.15) is 17.0 Å². The van der Waals surface area contributed by atoms with Crippen LogP contribution in [0.2, 0.25) is 0 Å². The van der Waals surface area contributed by atoms with Crippen LogP contribution >= 0.6 is 0 Å². The molecule has 0 aliphatic carbocycles. The van der Waals surface area contributed by atoms with Crippen molar-refractivity contribution in [1.82, 2.24) is 29.5 Å². The van der Waals surface area contributed by atoms with E-state index in [4.69, 9.17) is 4.98 Å². The number of anilines is 1. The number of aromatic amines is 1. The van der Waals surface area contributed by atoms with Gasteiger partial charge in [0.15, 0.2) is 5.65 Å². The van der Waals surface area contributed by atoms with E-state index in [1.54, 1.807) is 13.0 Å². The molecular formula is C31H33N7O3. The Labute approximate surface area is 236 Å². The first-order chi connectivity index (χ1) is 20.0. The first-order valence-corrected chi connectivity index (χ1v) is 14.4. The van der Waals surface area contributed by atoms with Crippen LogP contribution in [0.1, 0.15) is 30.1 Å². The molecule has 0 spiro atoms. The SMILES string of the molecule is CC(=O)N1CCN(c2ccc3c(=O)c(C(=O)NCCN4CCCC4)c4[nH]c5cc6ccccc6cc5n4c3n2)CC1. The van der Waals surface area contributed by atoms with Crippen molar-refractivity contribution in [3.63, 3.8) is 0 Å². The molecule has 2 saturated heterocycles. The molecule has 0 bridgehead atoms. The monoisotopic (exact) mass is 551 g/mol. The van der Waals surface area contributed by atoms with Crippen molar-refractivity contribution in [2.45, 2.75) is 19.8 Å². The van der Waals surface area contributed by atoms with E-state index in [0.717, 1.165) is 47.3 Å². The topological polar surface area (TPSA) is 106 Å². The third kappa shape index (κ3) is 4.48. The summed E-state index contributed by atoms with van der Waals surface area (Å²) in [5.74, 6) is 0.433. The van der Waals surface area contributed by atoms with Crippen LogP contribution in [0.15, 0.2) is 53.3 Å². The normalized spacial score (nSPS) is 16.4. The van der Waals surface area contributed by atoms with Gasteiger partial charge < -0.3 is 25.0 Å². The maximum absolute atomic E-state index is 13.9. The molecule has 3 aromatic heterocycles. The highest BCUT2D eigenvalue weighted by Crippen LogP contribution is 2.28. The highest BCUT2D eigenvalue weighted by Gasteiger charge is 2.25. The predicted molar refractivity (Wildman–Crippen MR) is 161 cm³/mol. The average Bonchev–Trinajstić information content (AvgIpc) is 3.63. The second-order valence-electron chi connectivity index (χ2n) is 11.1. The summed E-state index contributed by atoms with van der Waals surface area (Å²) >= 11 is 0. The minimum atomic E-state index is -0.380. The number of imidazole rings is 1. The number of nitrogens with one attached hydrogen (secondary N) is 2. The first-order valence-electron chi connectivity index (χ1n) is 14.4. The molecule has 2 aliphatic heterocycles. The zero-order valence-electron chi connectivity index (χ0n) is 23.2. The molecule has 2 aliphatic rings. The quantitative estimate of drug-likeness (QED) is 0.348. The summed E-state index contributed by atoms with van der Waals surface area (Å²) in [5, 5.41) is 5.52. The van der Waals surface area contributed by atoms with Crippen LogP contribution < -0.4 is 15.6 Å². The van der Waals surface area contributed by atoms with Gasteiger partial charge in [-0.05, 0) is 61.0 Å². The van der Waals surface area contributed by atoms with Crippen LogP contribution in [-0.2, 0) is 4.79 Å². The largest absolute Gasteiger partial charge is 0.353 e. The smallest absolute Gasteiger partial charge is 0.259 e. The number of likely N-dealkylation sites (tertiary alicyclic amines) is 1. The van der Waals surface area contributed by atoms with Gasteiger partial charge in [0.2, 0.25) is 11.3 Å². The molecule has 0 unspecified atom stereocenters. The molecule has 5 heterocycles. The van der Waals surface area contributed by atoms with E-state index in [1.807, 2.05) is 39.6 Å². The van der Waals surface area contributed by atoms with Crippen LogP contribution in [0.5, 0.6) is 0 Å². The van der Waals surface area contributed by atoms with E-state index in [1.165, 1.54) is 12.8 Å². The Morgan fingerprint density at radius 2 is 1.68 bits per heavy atom. The molecule has 10 nitrogen and oxygen atoms in total. The number of hydrogen-bond donors (Lipinski definition) is 2. The number of aromatic nitrogens is 3. The average molecular weight is 552 g/mol. The maximum Gasteiger partial charge on any atom is 0.259 e. The number of H-pyrrole nitrogens is 1. The summed E-state index contributed by atoms with van der Waals surface area (Å²) in [6, 6.07) is 15.8. The van der Waals surface area contributed by atoms with E-state index >= 15 is 0 Å². The number of piperazine rings is 1. The highest BCUT2D eigenvalue weighted by molar-refractivity contribution is 6.07. The van der Waals surface area contributed by atoms with Gasteiger partial charge >= 0.3 is 0 Å². The Morgan fingerprint density at radius 3 is 2.41 bits per heavy atom. The summed E-state index contributed by atoms with van der Waals surface area (Å²) in [7, 11) is 0. The lowest BCUT2D eigenvalue weighted by Crippen LogP contribution is -2.48. The Bertz CT molecular complexity index is 1880. The number of rotatable bonds is 5. The van der Waals surface area contributed by atoms with Crippen LogP contribution in [0.3, 0.4) is 0 Å². The maximum atomic E-state index is 13.9. The lowest BCUT2D eigenvalue weighted by molar-refractivity contribution is -0.129. The number of fused-ring (bicyclic) bond motifs is 6. The van der Waals surface area contributed by atoms with Crippen molar-refractivity contribution >= 4 is 56.1 Å². The van der Waals surface area contributed by atoms with E-state index in [0.29, 0.717) is 49.4 Å². The number of benzene rings is 2. The molecule has 7 rings (SSSR count). The molecule has 5 aromatic rings. The van der Waals surface area contributed by atoms with E-state index in [9.17, 15) is 14.4 Å². The minimum Gasteiger partial charge on any atom is -0.353 e. The lowest BCUT2D eigenvalue weighted by Gasteiger charge is -2.35. The second-order valence-corrected chi connectivity index (χ2v) is 11.1. The Morgan fingerprint density at radius 1 is 0.951 bits per heavy atom. The van der Waals surface area contributed by atoms with Gasteiger partial charge in [0.25, 0.3) is 5.91 Å². The third-order valence-corrected chi connectivity index (χ3v) is 8.55. The zero-order valence-corrected chi connectivity index (χ0v) is 23.2. The number of hydrogen-bond acceptors (Lipinski definition) is 6. The van der Waals surface area contributed by atoms with Crippen LogP contribution in [-0.4, -0.2) is 88.3 Å². The van der Waals surface area contributed by atoms with Crippen LogP contribution in [0.25, 0.3) is 38.5 Å². The van der Waals surface area contributed by atoms with Crippen molar-refractivity contribution in [1.29, 1.82) is 0 Å². The lowest BCUT2D eigenvalue weighted by atomic mass is 10.1. The van der Waals surface area contributed by atoms with Crippen molar-refractivity contribution in [2.24, 2.45) is 0 Å². The molecule has 2 aromatic carbocycles. The summed E-state index contributed by atoms with van der Waals surface area (Å²) in [4.78, 5) is 54.0. The summed E-state index contributed by atoms with van der Waals surface area (Å²) in [6.07, 6.45) is 2.37. The second kappa shape index (κ2) is 10.2. The van der Waals surface area contributed by atoms with Crippen molar-refractivity contribution in [2.75, 3.05) is 57.3 Å². The van der Waals surface area contributed by atoms with Gasteiger partial charge in [0.05, 0.1) is 16.4 Å². The zero-order chi connectivity index (χ0) is 28.1. The highest BCUT2D eigenvalue weighted by atomic mass is 16.2. The van der Waals surface area contributed by atoms with Crippen LogP contribution in [0, 0.1) is 0 Å². The molecule has 10 heteroatoms. The van der Waals surface area contributed by atoms with E-state index in [-0.39, 0.29) is 22.8 Å².